The van der Waals surface area contributed by atoms with Crippen LogP contribution in [0, 0.1) is 5.82 Å². The summed E-state index contributed by atoms with van der Waals surface area (Å²) < 4.78 is 13.0. The van der Waals surface area contributed by atoms with Crippen LogP contribution < -0.4 is 11.1 Å². The van der Waals surface area contributed by atoms with E-state index in [4.69, 9.17) is 5.73 Å². The highest BCUT2D eigenvalue weighted by molar-refractivity contribution is 5.94. The fourth-order valence-corrected chi connectivity index (χ4v) is 1.95. The first-order valence-corrected chi connectivity index (χ1v) is 6.50. The molecule has 3 nitrogen and oxygen atoms in total. The van der Waals surface area contributed by atoms with Crippen LogP contribution in [0.1, 0.15) is 21.5 Å². The number of rotatable bonds is 5. The molecule has 4 heteroatoms. The van der Waals surface area contributed by atoms with Gasteiger partial charge in [-0.15, -0.1) is 0 Å². The molecule has 0 spiro atoms. The second kappa shape index (κ2) is 6.82. The fourth-order valence-electron chi connectivity index (χ4n) is 1.95. The van der Waals surface area contributed by atoms with Crippen molar-refractivity contribution in [1.29, 1.82) is 0 Å². The summed E-state index contributed by atoms with van der Waals surface area (Å²) in [5, 5.41) is 2.82. The van der Waals surface area contributed by atoms with Gasteiger partial charge in [0.05, 0.1) is 0 Å². The molecule has 0 unspecified atom stereocenters. The summed E-state index contributed by atoms with van der Waals surface area (Å²) in [5.74, 6) is -0.402. The fraction of sp³-hybridized carbons (Fsp3) is 0.188. The van der Waals surface area contributed by atoms with E-state index in [2.05, 4.69) is 5.32 Å². The highest BCUT2D eigenvalue weighted by Crippen LogP contribution is 2.06. The summed E-state index contributed by atoms with van der Waals surface area (Å²) in [5.41, 5.74) is 7.91. The van der Waals surface area contributed by atoms with Gasteiger partial charge in [-0.2, -0.15) is 0 Å². The number of benzene rings is 2. The van der Waals surface area contributed by atoms with Gasteiger partial charge >= 0.3 is 0 Å². The standard InChI is InChI=1S/C16H17FN2O/c17-15-6-2-3-12(10-15)7-8-19-16(20)14-5-1-4-13(9-14)11-18/h1-6,9-10H,7-8,11,18H2,(H,19,20). The van der Waals surface area contributed by atoms with Crippen molar-refractivity contribution in [1.82, 2.24) is 5.32 Å². The Hall–Kier alpha value is -2.20. The molecule has 0 fully saturated rings. The smallest absolute Gasteiger partial charge is 0.251 e. The molecule has 3 N–H and O–H groups in total. The summed E-state index contributed by atoms with van der Waals surface area (Å²) in [6.07, 6.45) is 0.597. The minimum Gasteiger partial charge on any atom is -0.352 e. The summed E-state index contributed by atoms with van der Waals surface area (Å²) in [6, 6.07) is 13.6. The zero-order valence-electron chi connectivity index (χ0n) is 11.1. The van der Waals surface area contributed by atoms with E-state index in [1.165, 1.54) is 12.1 Å². The van der Waals surface area contributed by atoms with Crippen LogP contribution in [-0.4, -0.2) is 12.5 Å². The number of carbonyl (C=O) groups is 1. The van der Waals surface area contributed by atoms with Crippen molar-refractivity contribution in [2.45, 2.75) is 13.0 Å². The molecule has 2 aromatic rings. The lowest BCUT2D eigenvalue weighted by atomic mass is 10.1. The van der Waals surface area contributed by atoms with Crippen molar-refractivity contribution in [2.24, 2.45) is 5.73 Å². The molecule has 1 amide bonds. The van der Waals surface area contributed by atoms with Gasteiger partial charge in [0.2, 0.25) is 0 Å². The van der Waals surface area contributed by atoms with Gasteiger partial charge in [-0.25, -0.2) is 4.39 Å². The number of hydrogen-bond donors (Lipinski definition) is 2. The van der Waals surface area contributed by atoms with Gasteiger partial charge in [0.1, 0.15) is 5.82 Å². The van der Waals surface area contributed by atoms with E-state index >= 15 is 0 Å². The van der Waals surface area contributed by atoms with Crippen LogP contribution in [0.2, 0.25) is 0 Å². The highest BCUT2D eigenvalue weighted by atomic mass is 19.1. The predicted molar refractivity (Wildman–Crippen MR) is 76.8 cm³/mol. The lowest BCUT2D eigenvalue weighted by Gasteiger charge is -2.06. The van der Waals surface area contributed by atoms with E-state index in [1.54, 1.807) is 18.2 Å². The second-order valence-corrected chi connectivity index (χ2v) is 4.54. The van der Waals surface area contributed by atoms with E-state index in [1.807, 2.05) is 18.2 Å². The Bertz CT molecular complexity index is 599. The van der Waals surface area contributed by atoms with Gasteiger partial charge < -0.3 is 11.1 Å². The molecule has 0 saturated carbocycles. The third-order valence-corrected chi connectivity index (χ3v) is 3.01. The normalized spacial score (nSPS) is 10.3. The van der Waals surface area contributed by atoms with Crippen molar-refractivity contribution in [3.8, 4) is 0 Å². The molecule has 2 rings (SSSR count). The molecule has 0 saturated heterocycles. The lowest BCUT2D eigenvalue weighted by molar-refractivity contribution is 0.0954. The molecular formula is C16H17FN2O. The second-order valence-electron chi connectivity index (χ2n) is 4.54. The van der Waals surface area contributed by atoms with Crippen LogP contribution >= 0.6 is 0 Å². The van der Waals surface area contributed by atoms with Gasteiger partial charge in [-0.3, -0.25) is 4.79 Å². The minimum atomic E-state index is -0.260. The molecule has 0 atom stereocenters. The Balaban J connectivity index is 1.89. The average Bonchev–Trinajstić information content (AvgIpc) is 2.47. The van der Waals surface area contributed by atoms with E-state index in [9.17, 15) is 9.18 Å². The molecule has 0 heterocycles. The molecule has 20 heavy (non-hydrogen) atoms. The van der Waals surface area contributed by atoms with Gasteiger partial charge in [0.15, 0.2) is 0 Å². The van der Waals surface area contributed by atoms with Crippen LogP contribution in [-0.2, 0) is 13.0 Å². The summed E-state index contributed by atoms with van der Waals surface area (Å²) in [7, 11) is 0. The van der Waals surface area contributed by atoms with Crippen LogP contribution in [0.3, 0.4) is 0 Å². The third-order valence-electron chi connectivity index (χ3n) is 3.01. The van der Waals surface area contributed by atoms with Crippen molar-refractivity contribution in [2.75, 3.05) is 6.54 Å². The van der Waals surface area contributed by atoms with E-state index in [-0.39, 0.29) is 11.7 Å². The first-order valence-electron chi connectivity index (χ1n) is 6.50. The van der Waals surface area contributed by atoms with Crippen molar-refractivity contribution in [3.05, 3.63) is 71.0 Å². The average molecular weight is 272 g/mol. The topological polar surface area (TPSA) is 55.1 Å². The summed E-state index contributed by atoms with van der Waals surface area (Å²) in [4.78, 5) is 11.9. The summed E-state index contributed by atoms with van der Waals surface area (Å²) >= 11 is 0. The lowest BCUT2D eigenvalue weighted by Crippen LogP contribution is -2.25. The molecule has 0 aliphatic carbocycles. The van der Waals surface area contributed by atoms with Crippen molar-refractivity contribution in [3.63, 3.8) is 0 Å². The zero-order valence-corrected chi connectivity index (χ0v) is 11.1. The third kappa shape index (κ3) is 3.90. The molecule has 104 valence electrons. The van der Waals surface area contributed by atoms with Gasteiger partial charge in [-0.05, 0) is 41.8 Å². The number of amides is 1. The molecule has 2 aromatic carbocycles. The minimum absolute atomic E-state index is 0.142. The molecule has 0 bridgehead atoms. The quantitative estimate of drug-likeness (QED) is 0.877. The Kier molecular flexibility index (Phi) is 4.85. The number of hydrogen-bond acceptors (Lipinski definition) is 2. The van der Waals surface area contributed by atoms with Crippen LogP contribution in [0.4, 0.5) is 4.39 Å². The number of nitrogens with one attached hydrogen (secondary N) is 1. The van der Waals surface area contributed by atoms with Crippen LogP contribution in [0.25, 0.3) is 0 Å². The van der Waals surface area contributed by atoms with E-state index in [0.29, 0.717) is 25.1 Å². The Morgan fingerprint density at radius 1 is 1.10 bits per heavy atom. The predicted octanol–water partition coefficient (Wildman–Crippen LogP) is 2.26. The van der Waals surface area contributed by atoms with Crippen LogP contribution in [0.5, 0.6) is 0 Å². The monoisotopic (exact) mass is 272 g/mol. The molecule has 0 aliphatic rings. The van der Waals surface area contributed by atoms with Crippen molar-refractivity contribution < 1.29 is 9.18 Å². The Labute approximate surface area is 117 Å². The first kappa shape index (κ1) is 14.2. The van der Waals surface area contributed by atoms with Gasteiger partial charge in [0.25, 0.3) is 5.91 Å². The summed E-state index contributed by atoms with van der Waals surface area (Å²) in [6.45, 7) is 0.875. The van der Waals surface area contributed by atoms with Crippen molar-refractivity contribution >= 4 is 5.91 Å². The zero-order chi connectivity index (χ0) is 14.4. The molecule has 0 aliphatic heterocycles. The van der Waals surface area contributed by atoms with Crippen LogP contribution in [0.15, 0.2) is 48.5 Å². The number of halogens is 1. The number of carbonyl (C=O) groups excluding carboxylic acids is 1. The van der Waals surface area contributed by atoms with Gasteiger partial charge in [0, 0.05) is 18.7 Å². The SMILES string of the molecule is NCc1cccc(C(=O)NCCc2cccc(F)c2)c1. The largest absolute Gasteiger partial charge is 0.352 e. The number of nitrogens with two attached hydrogens (primary N) is 1. The first-order chi connectivity index (χ1) is 9.69. The Morgan fingerprint density at radius 2 is 1.85 bits per heavy atom. The Morgan fingerprint density at radius 3 is 2.60 bits per heavy atom. The van der Waals surface area contributed by atoms with E-state index in [0.717, 1.165) is 11.1 Å². The highest BCUT2D eigenvalue weighted by Gasteiger charge is 2.05. The molecule has 0 radical (unpaired) electrons. The van der Waals surface area contributed by atoms with E-state index < -0.39 is 0 Å². The molecular weight excluding hydrogens is 255 g/mol. The maximum absolute atomic E-state index is 13.0. The maximum atomic E-state index is 13.0. The maximum Gasteiger partial charge on any atom is 0.251 e. The molecule has 0 aromatic heterocycles. The van der Waals surface area contributed by atoms with Gasteiger partial charge in [-0.1, -0.05) is 24.3 Å².